The van der Waals surface area contributed by atoms with Gasteiger partial charge in [-0.2, -0.15) is 0 Å². The standard InChI is InChI=1S/C10H6N4O/c1-2-11-4-7-3-8(5-12-9(1)7)10-6-15-14-13-10/h1-6H. The summed E-state index contributed by atoms with van der Waals surface area (Å²) in [5.41, 5.74) is 2.45. The molecule has 0 aromatic carbocycles. The fraction of sp³-hybridized carbons (Fsp3) is 0. The van der Waals surface area contributed by atoms with Crippen LogP contribution >= 0.6 is 0 Å². The highest BCUT2D eigenvalue weighted by molar-refractivity contribution is 5.81. The van der Waals surface area contributed by atoms with Gasteiger partial charge in [0.15, 0.2) is 6.26 Å². The summed E-state index contributed by atoms with van der Waals surface area (Å²) in [7, 11) is 0. The van der Waals surface area contributed by atoms with Crippen molar-refractivity contribution >= 4 is 10.9 Å². The van der Waals surface area contributed by atoms with E-state index in [4.69, 9.17) is 0 Å². The third-order valence-electron chi connectivity index (χ3n) is 2.14. The van der Waals surface area contributed by atoms with Gasteiger partial charge in [0, 0.05) is 34.8 Å². The van der Waals surface area contributed by atoms with Crippen LogP contribution in [0.2, 0.25) is 0 Å². The molecule has 3 rings (SSSR count). The van der Waals surface area contributed by atoms with Gasteiger partial charge in [-0.25, -0.2) is 0 Å². The Kier molecular flexibility index (Phi) is 1.68. The Morgan fingerprint density at radius 1 is 1.20 bits per heavy atom. The van der Waals surface area contributed by atoms with Gasteiger partial charge in [-0.1, -0.05) is 0 Å². The van der Waals surface area contributed by atoms with Gasteiger partial charge in [0.2, 0.25) is 0 Å². The summed E-state index contributed by atoms with van der Waals surface area (Å²) in [5.74, 6) is 0. The molecule has 0 aliphatic rings. The number of hydrogen-bond acceptors (Lipinski definition) is 5. The van der Waals surface area contributed by atoms with E-state index < -0.39 is 0 Å². The molecule has 0 atom stereocenters. The van der Waals surface area contributed by atoms with Crippen molar-refractivity contribution in [2.75, 3.05) is 0 Å². The molecule has 0 bridgehead atoms. The van der Waals surface area contributed by atoms with Crippen LogP contribution in [0.15, 0.2) is 41.5 Å². The fourth-order valence-corrected chi connectivity index (χ4v) is 1.40. The lowest BCUT2D eigenvalue weighted by Gasteiger charge is -1.97. The van der Waals surface area contributed by atoms with Gasteiger partial charge in [-0.3, -0.25) is 9.97 Å². The summed E-state index contributed by atoms with van der Waals surface area (Å²) in [5, 5.41) is 8.20. The molecule has 0 N–H and O–H groups in total. The Bertz CT molecular complexity index is 591. The second-order valence-corrected chi connectivity index (χ2v) is 3.08. The van der Waals surface area contributed by atoms with Crippen molar-refractivity contribution in [3.05, 3.63) is 37.0 Å². The SMILES string of the molecule is c1cc2ncc(-c3conn3)cc2cn1. The summed E-state index contributed by atoms with van der Waals surface area (Å²) >= 11 is 0. The van der Waals surface area contributed by atoms with Crippen molar-refractivity contribution in [3.63, 3.8) is 0 Å². The van der Waals surface area contributed by atoms with Gasteiger partial charge in [-0.15, -0.1) is 5.10 Å². The Balaban J connectivity index is 2.22. The molecule has 0 saturated carbocycles. The van der Waals surface area contributed by atoms with Gasteiger partial charge in [0.25, 0.3) is 0 Å². The smallest absolute Gasteiger partial charge is 0.152 e. The summed E-state index contributed by atoms with van der Waals surface area (Å²) in [4.78, 5) is 8.32. The van der Waals surface area contributed by atoms with Crippen molar-refractivity contribution < 1.29 is 4.52 Å². The number of rotatable bonds is 1. The minimum atomic E-state index is 0.674. The Morgan fingerprint density at radius 2 is 2.20 bits per heavy atom. The van der Waals surface area contributed by atoms with Gasteiger partial charge >= 0.3 is 0 Å². The van der Waals surface area contributed by atoms with E-state index in [1.165, 1.54) is 6.26 Å². The summed E-state index contributed by atoms with van der Waals surface area (Å²) in [6.07, 6.45) is 6.70. The molecule has 3 aromatic rings. The Hall–Kier alpha value is -2.30. The Morgan fingerprint density at radius 3 is 3.07 bits per heavy atom. The molecule has 0 radical (unpaired) electrons. The lowest BCUT2D eigenvalue weighted by molar-refractivity contribution is 0.393. The first kappa shape index (κ1) is 8.05. The molecule has 72 valence electrons. The third kappa shape index (κ3) is 1.34. The van der Waals surface area contributed by atoms with E-state index in [-0.39, 0.29) is 0 Å². The Labute approximate surface area is 84.8 Å². The van der Waals surface area contributed by atoms with Crippen molar-refractivity contribution in [3.8, 4) is 11.3 Å². The van der Waals surface area contributed by atoms with Gasteiger partial charge in [-0.05, 0) is 12.1 Å². The van der Waals surface area contributed by atoms with E-state index in [1.54, 1.807) is 18.6 Å². The lowest BCUT2D eigenvalue weighted by atomic mass is 10.2. The van der Waals surface area contributed by atoms with Crippen LogP contribution in [0.5, 0.6) is 0 Å². The molecule has 5 heteroatoms. The average Bonchev–Trinajstić information content (AvgIpc) is 2.82. The summed E-state index contributed by atoms with van der Waals surface area (Å²) in [6.45, 7) is 0. The van der Waals surface area contributed by atoms with E-state index >= 15 is 0 Å². The van der Waals surface area contributed by atoms with Crippen LogP contribution in [0.3, 0.4) is 0 Å². The number of aromatic nitrogens is 4. The maximum atomic E-state index is 4.68. The van der Waals surface area contributed by atoms with Gasteiger partial charge in [0.1, 0.15) is 5.69 Å². The van der Waals surface area contributed by atoms with Crippen LogP contribution < -0.4 is 0 Å². The van der Waals surface area contributed by atoms with E-state index in [9.17, 15) is 0 Å². The van der Waals surface area contributed by atoms with Crippen LogP contribution in [-0.2, 0) is 0 Å². The molecule has 0 unspecified atom stereocenters. The normalized spacial score (nSPS) is 10.7. The van der Waals surface area contributed by atoms with Gasteiger partial charge < -0.3 is 4.52 Å². The molecule has 0 fully saturated rings. The quantitative estimate of drug-likeness (QED) is 0.595. The largest absolute Gasteiger partial charge is 0.345 e. The maximum Gasteiger partial charge on any atom is 0.152 e. The zero-order valence-electron chi connectivity index (χ0n) is 7.66. The van der Waals surface area contributed by atoms with Crippen LogP contribution in [0.25, 0.3) is 22.2 Å². The van der Waals surface area contributed by atoms with Crippen LogP contribution in [0.1, 0.15) is 0 Å². The highest BCUT2D eigenvalue weighted by Gasteiger charge is 2.03. The molecule has 0 saturated heterocycles. The van der Waals surface area contributed by atoms with Crippen molar-refractivity contribution in [1.82, 2.24) is 20.3 Å². The monoisotopic (exact) mass is 198 g/mol. The van der Waals surface area contributed by atoms with Crippen molar-refractivity contribution in [2.24, 2.45) is 0 Å². The molecular formula is C10H6N4O. The summed E-state index contributed by atoms with van der Waals surface area (Å²) < 4.78 is 4.68. The molecule has 3 heterocycles. The van der Waals surface area contributed by atoms with Crippen molar-refractivity contribution in [2.45, 2.75) is 0 Å². The molecular weight excluding hydrogens is 192 g/mol. The maximum absolute atomic E-state index is 4.68. The van der Waals surface area contributed by atoms with Crippen LogP contribution in [0.4, 0.5) is 0 Å². The highest BCUT2D eigenvalue weighted by Crippen LogP contribution is 2.19. The second-order valence-electron chi connectivity index (χ2n) is 3.08. The molecule has 3 aromatic heterocycles. The van der Waals surface area contributed by atoms with E-state index in [0.29, 0.717) is 5.69 Å². The van der Waals surface area contributed by atoms with Gasteiger partial charge in [0.05, 0.1) is 5.52 Å². The number of pyridine rings is 2. The number of fused-ring (bicyclic) bond motifs is 1. The predicted molar refractivity (Wildman–Crippen MR) is 52.8 cm³/mol. The highest BCUT2D eigenvalue weighted by atomic mass is 16.5. The molecule has 0 aliphatic heterocycles. The summed E-state index contributed by atoms with van der Waals surface area (Å²) in [6, 6.07) is 3.81. The van der Waals surface area contributed by atoms with E-state index in [1.807, 2.05) is 12.1 Å². The average molecular weight is 198 g/mol. The predicted octanol–water partition coefficient (Wildman–Crippen LogP) is 1.68. The molecule has 0 amide bonds. The third-order valence-corrected chi connectivity index (χ3v) is 2.14. The minimum Gasteiger partial charge on any atom is -0.345 e. The first-order valence-electron chi connectivity index (χ1n) is 4.41. The molecule has 0 spiro atoms. The molecule has 5 nitrogen and oxygen atoms in total. The molecule has 0 aliphatic carbocycles. The van der Waals surface area contributed by atoms with Crippen LogP contribution in [0, 0.1) is 0 Å². The number of nitrogens with zero attached hydrogens (tertiary/aromatic N) is 4. The fourth-order valence-electron chi connectivity index (χ4n) is 1.40. The first-order chi connectivity index (χ1) is 7.43. The number of hydrogen-bond donors (Lipinski definition) is 0. The first-order valence-corrected chi connectivity index (χ1v) is 4.41. The lowest BCUT2D eigenvalue weighted by Crippen LogP contribution is -1.83. The molecule has 15 heavy (non-hydrogen) atoms. The van der Waals surface area contributed by atoms with Crippen molar-refractivity contribution in [1.29, 1.82) is 0 Å². The van der Waals surface area contributed by atoms with Crippen LogP contribution in [-0.4, -0.2) is 20.3 Å². The second kappa shape index (κ2) is 3.13. The minimum absolute atomic E-state index is 0.674. The van der Waals surface area contributed by atoms with E-state index in [2.05, 4.69) is 24.9 Å². The van der Waals surface area contributed by atoms with E-state index in [0.717, 1.165) is 16.5 Å². The zero-order chi connectivity index (χ0) is 10.1. The zero-order valence-corrected chi connectivity index (χ0v) is 7.66. The topological polar surface area (TPSA) is 64.7 Å².